The van der Waals surface area contributed by atoms with Crippen molar-refractivity contribution >= 4 is 57.2 Å². The van der Waals surface area contributed by atoms with E-state index < -0.39 is 0 Å². The summed E-state index contributed by atoms with van der Waals surface area (Å²) in [5.74, 6) is 0. The molecule has 0 atom stereocenters. The highest BCUT2D eigenvalue weighted by molar-refractivity contribution is 7.00. The van der Waals surface area contributed by atoms with Gasteiger partial charge < -0.3 is 9.80 Å². The average molecular weight is 746 g/mol. The molecular weight excluding hydrogens is 689 g/mol. The standard InChI is InChI=1S/C53H56BN3/c1-34-28-47-49-48(29-34)57(44-25-22-40(30-35(44)33-55)53(11,12)37-16-14-13-15-17-37)46-27-21-39(52(8,9)10)32-43(46)54(49)42-31-38(51(5,6)7)20-26-45(42)56(47)41-23-18-36(19-24-41)50(2,3)4/h13-32H,1-12H3. The van der Waals surface area contributed by atoms with E-state index in [1.54, 1.807) is 0 Å². The molecule has 0 spiro atoms. The van der Waals surface area contributed by atoms with Crippen molar-refractivity contribution < 1.29 is 0 Å². The zero-order valence-electron chi connectivity index (χ0n) is 36.0. The maximum Gasteiger partial charge on any atom is 0.252 e. The zero-order valence-corrected chi connectivity index (χ0v) is 36.0. The van der Waals surface area contributed by atoms with Crippen LogP contribution in [0.25, 0.3) is 0 Å². The van der Waals surface area contributed by atoms with Crippen molar-refractivity contribution in [2.45, 2.75) is 105 Å². The molecule has 286 valence electrons. The summed E-state index contributed by atoms with van der Waals surface area (Å²) in [6.45, 7) is 27.3. The predicted octanol–water partition coefficient (Wildman–Crippen LogP) is 12.2. The van der Waals surface area contributed by atoms with E-state index in [2.05, 4.69) is 220 Å². The Morgan fingerprint density at radius 1 is 0.456 bits per heavy atom. The van der Waals surface area contributed by atoms with Crippen LogP contribution in [0.1, 0.15) is 115 Å². The summed E-state index contributed by atoms with van der Waals surface area (Å²) in [5.41, 5.74) is 18.3. The fraction of sp³-hybridized carbons (Fsp3) is 0.302. The first-order valence-electron chi connectivity index (χ1n) is 20.5. The average Bonchev–Trinajstić information content (AvgIpc) is 3.16. The van der Waals surface area contributed by atoms with Gasteiger partial charge >= 0.3 is 0 Å². The summed E-state index contributed by atoms with van der Waals surface area (Å²) in [6.07, 6.45) is 0. The van der Waals surface area contributed by atoms with Gasteiger partial charge in [-0.05, 0) is 121 Å². The molecule has 2 aliphatic heterocycles. The Balaban J connectivity index is 1.44. The Hall–Kier alpha value is -5.53. The molecule has 0 aromatic heterocycles. The number of anilines is 6. The maximum atomic E-state index is 11.0. The van der Waals surface area contributed by atoms with Crippen molar-refractivity contribution in [2.24, 2.45) is 0 Å². The molecule has 0 saturated carbocycles. The van der Waals surface area contributed by atoms with Crippen molar-refractivity contribution in [2.75, 3.05) is 9.80 Å². The fourth-order valence-corrected chi connectivity index (χ4v) is 8.95. The molecule has 0 saturated heterocycles. The third kappa shape index (κ3) is 6.46. The topological polar surface area (TPSA) is 30.3 Å². The molecule has 0 aliphatic carbocycles. The van der Waals surface area contributed by atoms with Gasteiger partial charge in [0.25, 0.3) is 6.71 Å². The summed E-state index contributed by atoms with van der Waals surface area (Å²) < 4.78 is 0. The molecular formula is C53H56BN3. The van der Waals surface area contributed by atoms with Gasteiger partial charge in [0, 0.05) is 33.9 Å². The number of hydrogen-bond acceptors (Lipinski definition) is 3. The van der Waals surface area contributed by atoms with E-state index in [9.17, 15) is 5.26 Å². The van der Waals surface area contributed by atoms with Crippen LogP contribution in [0.15, 0.2) is 121 Å². The lowest BCUT2D eigenvalue weighted by Crippen LogP contribution is -2.61. The number of benzene rings is 6. The van der Waals surface area contributed by atoms with Gasteiger partial charge in [-0.15, -0.1) is 0 Å². The molecule has 0 fully saturated rings. The minimum atomic E-state index is -0.280. The lowest BCUT2D eigenvalue weighted by atomic mass is 9.33. The van der Waals surface area contributed by atoms with E-state index in [-0.39, 0.29) is 28.4 Å². The van der Waals surface area contributed by atoms with Gasteiger partial charge in [-0.25, -0.2) is 0 Å². The number of fused-ring (bicyclic) bond motifs is 4. The third-order valence-corrected chi connectivity index (χ3v) is 12.5. The molecule has 6 aromatic carbocycles. The quantitative estimate of drug-likeness (QED) is 0.168. The van der Waals surface area contributed by atoms with Crippen molar-refractivity contribution in [3.05, 3.63) is 160 Å². The van der Waals surface area contributed by atoms with Crippen molar-refractivity contribution in [1.82, 2.24) is 0 Å². The van der Waals surface area contributed by atoms with Crippen molar-refractivity contribution in [3.8, 4) is 6.07 Å². The number of nitriles is 1. The Morgan fingerprint density at radius 3 is 1.46 bits per heavy atom. The number of hydrogen-bond donors (Lipinski definition) is 0. The number of aryl methyl sites for hydroxylation is 1. The molecule has 4 heteroatoms. The summed E-state index contributed by atoms with van der Waals surface area (Å²) in [5, 5.41) is 11.0. The molecule has 2 heterocycles. The van der Waals surface area contributed by atoms with Gasteiger partial charge in [-0.3, -0.25) is 0 Å². The van der Waals surface area contributed by atoms with Crippen LogP contribution in [0.4, 0.5) is 34.1 Å². The van der Waals surface area contributed by atoms with Crippen LogP contribution in [-0.4, -0.2) is 6.71 Å². The first kappa shape index (κ1) is 38.4. The summed E-state index contributed by atoms with van der Waals surface area (Å²) in [4.78, 5) is 4.88. The van der Waals surface area contributed by atoms with Gasteiger partial charge in [0.2, 0.25) is 0 Å². The maximum absolute atomic E-state index is 11.0. The van der Waals surface area contributed by atoms with E-state index in [0.717, 1.165) is 28.3 Å². The highest BCUT2D eigenvalue weighted by atomic mass is 15.2. The van der Waals surface area contributed by atoms with Crippen LogP contribution in [0, 0.1) is 18.3 Å². The van der Waals surface area contributed by atoms with Gasteiger partial charge in [0.15, 0.2) is 0 Å². The number of nitrogens with zero attached hydrogens (tertiary/aromatic N) is 3. The molecule has 8 rings (SSSR count). The smallest absolute Gasteiger partial charge is 0.252 e. The Kier molecular flexibility index (Phi) is 8.93. The van der Waals surface area contributed by atoms with Gasteiger partial charge in [0.1, 0.15) is 6.07 Å². The van der Waals surface area contributed by atoms with E-state index in [1.807, 2.05) is 0 Å². The molecule has 0 amide bonds. The SMILES string of the molecule is Cc1cc2c3c(c1)N(c1ccc(C(C)(C)c4ccccc4)cc1C#N)c1ccc(C(C)(C)C)cc1B3c1cc(C(C)(C)C)ccc1N2c1ccc(C(C)(C)C)cc1. The Morgan fingerprint density at radius 2 is 0.930 bits per heavy atom. The van der Waals surface area contributed by atoms with Crippen LogP contribution in [0.5, 0.6) is 0 Å². The zero-order chi connectivity index (χ0) is 40.8. The van der Waals surface area contributed by atoms with Crippen LogP contribution in [0.2, 0.25) is 0 Å². The molecule has 6 aromatic rings. The van der Waals surface area contributed by atoms with E-state index in [0.29, 0.717) is 5.56 Å². The summed E-state index contributed by atoms with van der Waals surface area (Å²) in [7, 11) is 0. The molecule has 0 N–H and O–H groups in total. The number of rotatable bonds is 4. The largest absolute Gasteiger partial charge is 0.311 e. The molecule has 57 heavy (non-hydrogen) atoms. The van der Waals surface area contributed by atoms with Crippen molar-refractivity contribution in [1.29, 1.82) is 5.26 Å². The molecule has 0 bridgehead atoms. The van der Waals surface area contributed by atoms with E-state index in [4.69, 9.17) is 0 Å². The van der Waals surface area contributed by atoms with Crippen LogP contribution < -0.4 is 26.2 Å². The summed E-state index contributed by atoms with van der Waals surface area (Å²) in [6, 6.07) is 47.9. The highest BCUT2D eigenvalue weighted by Crippen LogP contribution is 2.47. The monoisotopic (exact) mass is 745 g/mol. The third-order valence-electron chi connectivity index (χ3n) is 12.5. The normalized spacial score (nSPS) is 13.8. The lowest BCUT2D eigenvalue weighted by Gasteiger charge is -2.45. The second-order valence-electron chi connectivity index (χ2n) is 20.0. The minimum absolute atomic E-state index is 0.00614. The fourth-order valence-electron chi connectivity index (χ4n) is 8.95. The molecule has 0 unspecified atom stereocenters. The lowest BCUT2D eigenvalue weighted by molar-refractivity contribution is 0.590. The predicted molar refractivity (Wildman–Crippen MR) is 245 cm³/mol. The first-order chi connectivity index (χ1) is 26.8. The molecule has 0 radical (unpaired) electrons. The molecule has 2 aliphatic rings. The van der Waals surface area contributed by atoms with Crippen LogP contribution >= 0.6 is 0 Å². The van der Waals surface area contributed by atoms with Crippen LogP contribution in [0.3, 0.4) is 0 Å². The molecule has 3 nitrogen and oxygen atoms in total. The Labute approximate surface area is 342 Å². The Bertz CT molecular complexity index is 2570. The van der Waals surface area contributed by atoms with E-state index >= 15 is 0 Å². The summed E-state index contributed by atoms with van der Waals surface area (Å²) >= 11 is 0. The second kappa shape index (κ2) is 13.3. The minimum Gasteiger partial charge on any atom is -0.311 e. The van der Waals surface area contributed by atoms with Crippen LogP contribution in [-0.2, 0) is 21.7 Å². The highest BCUT2D eigenvalue weighted by Gasteiger charge is 2.44. The van der Waals surface area contributed by atoms with Gasteiger partial charge in [-0.2, -0.15) is 5.26 Å². The second-order valence-corrected chi connectivity index (χ2v) is 20.0. The van der Waals surface area contributed by atoms with Gasteiger partial charge in [-0.1, -0.05) is 149 Å². The van der Waals surface area contributed by atoms with Crippen molar-refractivity contribution in [3.63, 3.8) is 0 Å². The van der Waals surface area contributed by atoms with E-state index in [1.165, 1.54) is 55.6 Å². The first-order valence-corrected chi connectivity index (χ1v) is 20.5. The van der Waals surface area contributed by atoms with Gasteiger partial charge in [0.05, 0.1) is 11.3 Å².